The van der Waals surface area contributed by atoms with E-state index in [-0.39, 0.29) is 18.1 Å². The van der Waals surface area contributed by atoms with Crippen molar-refractivity contribution in [2.45, 2.75) is 53.1 Å². The monoisotopic (exact) mass is 424 g/mol. The van der Waals surface area contributed by atoms with Gasteiger partial charge in [-0.05, 0) is 44.7 Å². The van der Waals surface area contributed by atoms with Gasteiger partial charge in [0.25, 0.3) is 0 Å². The highest BCUT2D eigenvalue weighted by Gasteiger charge is 2.18. The molecular weight excluding hydrogens is 395 g/mol. The van der Waals surface area contributed by atoms with Crippen LogP contribution in [0.2, 0.25) is 0 Å². The first-order chi connectivity index (χ1) is 14.9. The summed E-state index contributed by atoms with van der Waals surface area (Å²) >= 11 is 0. The summed E-state index contributed by atoms with van der Waals surface area (Å²) in [6, 6.07) is 7.62. The van der Waals surface area contributed by atoms with E-state index < -0.39 is 0 Å². The van der Waals surface area contributed by atoms with E-state index in [2.05, 4.69) is 15.1 Å². The second-order valence-electron chi connectivity index (χ2n) is 7.53. The summed E-state index contributed by atoms with van der Waals surface area (Å²) in [7, 11) is 0. The lowest BCUT2D eigenvalue weighted by Gasteiger charge is -2.22. The molecule has 2 heterocycles. The van der Waals surface area contributed by atoms with E-state index in [1.165, 1.54) is 6.33 Å². The molecule has 7 nitrogen and oxygen atoms in total. The summed E-state index contributed by atoms with van der Waals surface area (Å²) < 4.78 is 17.1. The molecule has 0 spiro atoms. The number of amides is 1. The molecule has 3 rings (SSSR count). The number of aromatic nitrogens is 4. The van der Waals surface area contributed by atoms with Crippen molar-refractivity contribution in [1.29, 1.82) is 0 Å². The van der Waals surface area contributed by atoms with Crippen molar-refractivity contribution in [1.82, 2.24) is 19.7 Å². The number of carbonyl (C=O) groups excluding carboxylic acids is 1. The molecular formula is C23H29FN6O. The molecule has 0 saturated carbocycles. The zero-order chi connectivity index (χ0) is 22.4. The van der Waals surface area contributed by atoms with Gasteiger partial charge < -0.3 is 10.6 Å². The number of anilines is 1. The zero-order valence-electron chi connectivity index (χ0n) is 18.3. The molecule has 0 radical (unpaired) electrons. The van der Waals surface area contributed by atoms with E-state index in [0.29, 0.717) is 37.4 Å². The van der Waals surface area contributed by atoms with Gasteiger partial charge in [0.15, 0.2) is 11.6 Å². The first kappa shape index (κ1) is 22.4. The fraction of sp³-hybridized carbons (Fsp3) is 0.391. The van der Waals surface area contributed by atoms with Gasteiger partial charge in [-0.3, -0.25) is 9.48 Å². The predicted octanol–water partition coefficient (Wildman–Crippen LogP) is 2.98. The standard InChI is InChI=1S/C23H29FN6O/c1-4-29(13-19-14-30(5-2)28-16(19)3)23-22(24)20(26-15-27-23)11-10-17-6-8-18(9-7-17)12-21(25)31/h6-9,14-15H,4-5,10-13H2,1-3H3,(H2,25,31). The minimum atomic E-state index is -0.379. The lowest BCUT2D eigenvalue weighted by Crippen LogP contribution is -2.25. The highest BCUT2D eigenvalue weighted by Crippen LogP contribution is 2.22. The Morgan fingerprint density at radius 2 is 1.84 bits per heavy atom. The fourth-order valence-electron chi connectivity index (χ4n) is 3.50. The summed E-state index contributed by atoms with van der Waals surface area (Å²) in [5, 5.41) is 4.47. The number of aryl methyl sites for hydroxylation is 4. The maximum atomic E-state index is 15.3. The highest BCUT2D eigenvalue weighted by molar-refractivity contribution is 5.76. The molecule has 164 valence electrons. The predicted molar refractivity (Wildman–Crippen MR) is 118 cm³/mol. The quantitative estimate of drug-likeness (QED) is 0.540. The van der Waals surface area contributed by atoms with Crippen molar-refractivity contribution in [2.75, 3.05) is 11.4 Å². The maximum Gasteiger partial charge on any atom is 0.221 e. The second-order valence-corrected chi connectivity index (χ2v) is 7.53. The zero-order valence-corrected chi connectivity index (χ0v) is 18.3. The van der Waals surface area contributed by atoms with Gasteiger partial charge in [-0.15, -0.1) is 0 Å². The average Bonchev–Trinajstić information content (AvgIpc) is 3.11. The van der Waals surface area contributed by atoms with Crippen LogP contribution in [0.4, 0.5) is 10.2 Å². The Balaban J connectivity index is 1.72. The van der Waals surface area contributed by atoms with Crippen LogP contribution < -0.4 is 10.6 Å². The van der Waals surface area contributed by atoms with Crippen LogP contribution in [0.15, 0.2) is 36.8 Å². The molecule has 0 bridgehead atoms. The third kappa shape index (κ3) is 5.65. The SMILES string of the molecule is CCN(Cc1cn(CC)nc1C)c1ncnc(CCc2ccc(CC(N)=O)cc2)c1F. The fourth-order valence-corrected chi connectivity index (χ4v) is 3.50. The van der Waals surface area contributed by atoms with Crippen LogP contribution in [0.25, 0.3) is 0 Å². The van der Waals surface area contributed by atoms with Crippen molar-refractivity contribution in [3.05, 3.63) is 70.7 Å². The summed E-state index contributed by atoms with van der Waals surface area (Å²) in [5.74, 6) is -0.427. The Morgan fingerprint density at radius 3 is 2.45 bits per heavy atom. The van der Waals surface area contributed by atoms with Crippen molar-refractivity contribution in [3.8, 4) is 0 Å². The van der Waals surface area contributed by atoms with E-state index in [1.54, 1.807) is 0 Å². The maximum absolute atomic E-state index is 15.3. The number of hydrogen-bond acceptors (Lipinski definition) is 5. The molecule has 3 aromatic rings. The number of nitrogens with zero attached hydrogens (tertiary/aromatic N) is 5. The Hall–Kier alpha value is -3.29. The molecule has 2 aromatic heterocycles. The topological polar surface area (TPSA) is 89.9 Å². The molecule has 0 saturated heterocycles. The van der Waals surface area contributed by atoms with Crippen LogP contribution in [0.3, 0.4) is 0 Å². The minimum absolute atomic E-state index is 0.216. The van der Waals surface area contributed by atoms with Crippen LogP contribution in [-0.4, -0.2) is 32.2 Å². The van der Waals surface area contributed by atoms with E-state index in [1.807, 2.05) is 60.8 Å². The van der Waals surface area contributed by atoms with Crippen LogP contribution in [0, 0.1) is 12.7 Å². The van der Waals surface area contributed by atoms with Gasteiger partial charge in [0, 0.05) is 31.4 Å². The third-order valence-corrected chi connectivity index (χ3v) is 5.31. The Kier molecular flexibility index (Phi) is 7.33. The van der Waals surface area contributed by atoms with Gasteiger partial charge in [-0.25, -0.2) is 14.4 Å². The van der Waals surface area contributed by atoms with Gasteiger partial charge in [0.2, 0.25) is 5.91 Å². The summed E-state index contributed by atoms with van der Waals surface area (Å²) in [6.07, 6.45) is 4.74. The van der Waals surface area contributed by atoms with Crippen molar-refractivity contribution >= 4 is 11.7 Å². The van der Waals surface area contributed by atoms with Crippen molar-refractivity contribution < 1.29 is 9.18 Å². The number of benzene rings is 1. The van der Waals surface area contributed by atoms with Crippen molar-refractivity contribution in [3.63, 3.8) is 0 Å². The number of carbonyl (C=O) groups is 1. The first-order valence-corrected chi connectivity index (χ1v) is 10.5. The minimum Gasteiger partial charge on any atom is -0.369 e. The van der Waals surface area contributed by atoms with Crippen LogP contribution in [0.1, 0.15) is 41.9 Å². The van der Waals surface area contributed by atoms with E-state index >= 15 is 4.39 Å². The van der Waals surface area contributed by atoms with Crippen molar-refractivity contribution in [2.24, 2.45) is 5.73 Å². The average molecular weight is 425 g/mol. The Morgan fingerprint density at radius 1 is 1.13 bits per heavy atom. The third-order valence-electron chi connectivity index (χ3n) is 5.31. The molecule has 8 heteroatoms. The second kappa shape index (κ2) is 10.1. The highest BCUT2D eigenvalue weighted by atomic mass is 19.1. The summed E-state index contributed by atoms with van der Waals surface area (Å²) in [5.41, 5.74) is 9.53. The van der Waals surface area contributed by atoms with E-state index in [4.69, 9.17) is 5.73 Å². The lowest BCUT2D eigenvalue weighted by atomic mass is 10.0. The number of halogens is 1. The van der Waals surface area contributed by atoms with Gasteiger partial charge in [0.05, 0.1) is 17.8 Å². The number of hydrogen-bond donors (Lipinski definition) is 1. The van der Waals surface area contributed by atoms with Gasteiger partial charge in [-0.2, -0.15) is 5.10 Å². The Labute approximate surface area is 182 Å². The van der Waals surface area contributed by atoms with Gasteiger partial charge in [-0.1, -0.05) is 24.3 Å². The molecule has 1 amide bonds. The summed E-state index contributed by atoms with van der Waals surface area (Å²) in [6.45, 7) is 7.93. The molecule has 1 aromatic carbocycles. The first-order valence-electron chi connectivity index (χ1n) is 10.5. The number of nitrogens with two attached hydrogens (primary N) is 1. The largest absolute Gasteiger partial charge is 0.369 e. The summed E-state index contributed by atoms with van der Waals surface area (Å²) in [4.78, 5) is 21.3. The van der Waals surface area contributed by atoms with Crippen LogP contribution in [0.5, 0.6) is 0 Å². The molecule has 0 aliphatic carbocycles. The molecule has 0 atom stereocenters. The smallest absolute Gasteiger partial charge is 0.221 e. The molecule has 0 unspecified atom stereocenters. The number of rotatable bonds is 10. The lowest BCUT2D eigenvalue weighted by molar-refractivity contribution is -0.117. The molecule has 31 heavy (non-hydrogen) atoms. The van der Waals surface area contributed by atoms with Gasteiger partial charge in [0.1, 0.15) is 6.33 Å². The number of primary amides is 1. The molecule has 0 aliphatic heterocycles. The van der Waals surface area contributed by atoms with Crippen LogP contribution >= 0.6 is 0 Å². The van der Waals surface area contributed by atoms with Gasteiger partial charge >= 0.3 is 0 Å². The van der Waals surface area contributed by atoms with Crippen LogP contribution in [-0.2, 0) is 37.1 Å². The molecule has 0 fully saturated rings. The molecule has 2 N–H and O–H groups in total. The van der Waals surface area contributed by atoms with E-state index in [0.717, 1.165) is 28.9 Å². The van der Waals surface area contributed by atoms with E-state index in [9.17, 15) is 4.79 Å². The normalized spacial score (nSPS) is 11.0. The molecule has 0 aliphatic rings. The Bertz CT molecular complexity index is 1030.